The van der Waals surface area contributed by atoms with Crippen LogP contribution >= 0.6 is 11.3 Å². The molecule has 0 unspecified atom stereocenters. The van der Waals surface area contributed by atoms with Gasteiger partial charge in [-0.15, -0.1) is 0 Å². The number of thiazole rings is 1. The molecule has 2 heterocycles. The minimum atomic E-state index is -2.47. The van der Waals surface area contributed by atoms with Crippen LogP contribution in [0.3, 0.4) is 0 Å². The fourth-order valence-electron chi connectivity index (χ4n) is 4.78. The third-order valence-corrected chi connectivity index (χ3v) is 7.74. The van der Waals surface area contributed by atoms with Crippen molar-refractivity contribution in [2.75, 3.05) is 19.7 Å². The second-order valence-electron chi connectivity index (χ2n) is 9.14. The van der Waals surface area contributed by atoms with Crippen molar-refractivity contribution in [1.29, 1.82) is 0 Å². The van der Waals surface area contributed by atoms with Crippen LogP contribution in [0.5, 0.6) is 5.19 Å². The summed E-state index contributed by atoms with van der Waals surface area (Å²) in [6.45, 7) is 2.20. The van der Waals surface area contributed by atoms with Crippen LogP contribution in [0.15, 0.2) is 30.3 Å². The molecule has 5 nitrogen and oxygen atoms in total. The van der Waals surface area contributed by atoms with Crippen molar-refractivity contribution < 1.29 is 18.3 Å². The summed E-state index contributed by atoms with van der Waals surface area (Å²) in [5.74, 6) is 0.857. The molecule has 0 spiro atoms. The third kappa shape index (κ3) is 7.47. The molecule has 0 saturated heterocycles. The molecule has 33 heavy (non-hydrogen) atoms. The number of carbonyl (C=O) groups is 1. The summed E-state index contributed by atoms with van der Waals surface area (Å²) in [4.78, 5) is 20.3. The molecule has 180 valence electrons. The number of aryl methyl sites for hydroxylation is 1. The first-order valence-corrected chi connectivity index (χ1v) is 12.8. The predicted octanol–water partition coefficient (Wildman–Crippen LogP) is 4.84. The highest BCUT2D eigenvalue weighted by Gasteiger charge is 2.25. The van der Waals surface area contributed by atoms with Crippen molar-refractivity contribution in [3.8, 4) is 5.19 Å². The fraction of sp³-hybridized carbons (Fsp3) is 0.600. The predicted molar refractivity (Wildman–Crippen MR) is 126 cm³/mol. The number of nitrogens with zero attached hydrogens (tertiary/aromatic N) is 2. The number of fused-ring (bicyclic) bond motifs is 1. The minimum absolute atomic E-state index is 0.159. The van der Waals surface area contributed by atoms with Gasteiger partial charge in [0.25, 0.3) is 11.6 Å². The number of rotatable bonds is 10. The Balaban J connectivity index is 1.12. The summed E-state index contributed by atoms with van der Waals surface area (Å²) in [6.07, 6.45) is 5.36. The molecule has 1 saturated carbocycles. The van der Waals surface area contributed by atoms with Crippen molar-refractivity contribution in [2.45, 2.75) is 70.4 Å². The van der Waals surface area contributed by atoms with E-state index in [2.05, 4.69) is 27.3 Å². The van der Waals surface area contributed by atoms with E-state index in [1.165, 1.54) is 21.8 Å². The van der Waals surface area contributed by atoms with Gasteiger partial charge in [-0.1, -0.05) is 41.7 Å². The van der Waals surface area contributed by atoms with Gasteiger partial charge in [0.2, 0.25) is 5.91 Å². The van der Waals surface area contributed by atoms with Crippen LogP contribution in [0.25, 0.3) is 0 Å². The molecule has 0 radical (unpaired) electrons. The molecular formula is C25H33F2N3O2S. The van der Waals surface area contributed by atoms with Crippen molar-refractivity contribution in [2.24, 2.45) is 5.92 Å². The Bertz CT molecular complexity index is 885. The van der Waals surface area contributed by atoms with Gasteiger partial charge in [0.15, 0.2) is 6.61 Å². The van der Waals surface area contributed by atoms with Gasteiger partial charge < -0.3 is 10.1 Å². The number of ether oxygens (including phenoxy) is 1. The van der Waals surface area contributed by atoms with E-state index >= 15 is 0 Å². The Morgan fingerprint density at radius 1 is 1.21 bits per heavy atom. The Labute approximate surface area is 198 Å². The number of hydrogen-bond acceptors (Lipinski definition) is 5. The second-order valence-corrected chi connectivity index (χ2v) is 10.2. The average molecular weight is 478 g/mol. The summed E-state index contributed by atoms with van der Waals surface area (Å²) >= 11 is 1.40. The lowest BCUT2D eigenvalue weighted by molar-refractivity contribution is -0.122. The van der Waals surface area contributed by atoms with Crippen LogP contribution in [0, 0.1) is 5.92 Å². The lowest BCUT2D eigenvalue weighted by Crippen LogP contribution is -2.38. The summed E-state index contributed by atoms with van der Waals surface area (Å²) in [6, 6.07) is 10.5. The average Bonchev–Trinajstić information content (AvgIpc) is 3.24. The lowest BCUT2D eigenvalue weighted by atomic mass is 9.84. The normalized spacial score (nSPS) is 21.1. The van der Waals surface area contributed by atoms with Crippen LogP contribution in [0.2, 0.25) is 0 Å². The van der Waals surface area contributed by atoms with E-state index in [0.29, 0.717) is 23.6 Å². The van der Waals surface area contributed by atoms with Crippen molar-refractivity contribution in [3.63, 3.8) is 0 Å². The van der Waals surface area contributed by atoms with E-state index in [1.807, 2.05) is 18.2 Å². The zero-order valence-electron chi connectivity index (χ0n) is 19.0. The number of nitrogens with one attached hydrogen (secondary N) is 1. The fourth-order valence-corrected chi connectivity index (χ4v) is 5.69. The maximum atomic E-state index is 12.4. The Morgan fingerprint density at radius 2 is 2.00 bits per heavy atom. The van der Waals surface area contributed by atoms with E-state index in [-0.39, 0.29) is 5.91 Å². The zero-order chi connectivity index (χ0) is 23.0. The molecule has 1 N–H and O–H groups in total. The molecule has 4 rings (SSSR count). The van der Waals surface area contributed by atoms with Gasteiger partial charge in [-0.25, -0.2) is 13.8 Å². The maximum Gasteiger partial charge on any atom is 0.273 e. The number of amides is 1. The largest absolute Gasteiger partial charge is 0.464 e. The summed E-state index contributed by atoms with van der Waals surface area (Å²) in [5, 5.41) is 3.60. The number of carbonyl (C=O) groups excluding carboxylic acids is 1. The first-order valence-electron chi connectivity index (χ1n) is 12.0. The first-order chi connectivity index (χ1) is 16.0. The highest BCUT2D eigenvalue weighted by molar-refractivity contribution is 7.13. The molecule has 1 aliphatic heterocycles. The number of alkyl halides is 2. The lowest BCUT2D eigenvalue weighted by Gasteiger charge is -2.32. The second kappa shape index (κ2) is 11.9. The zero-order valence-corrected chi connectivity index (χ0v) is 19.8. The van der Waals surface area contributed by atoms with Gasteiger partial charge in [0.05, 0.1) is 5.69 Å². The first kappa shape index (κ1) is 24.1. The molecule has 1 amide bonds. The van der Waals surface area contributed by atoms with Gasteiger partial charge >= 0.3 is 0 Å². The van der Waals surface area contributed by atoms with Crippen LogP contribution in [-0.2, 0) is 24.2 Å². The number of halogens is 2. The number of benzene rings is 1. The quantitative estimate of drug-likeness (QED) is 0.532. The van der Waals surface area contributed by atoms with Crippen molar-refractivity contribution >= 4 is 17.2 Å². The summed E-state index contributed by atoms with van der Waals surface area (Å²) < 4.78 is 29.8. The molecule has 0 atom stereocenters. The molecule has 1 aliphatic carbocycles. The topological polar surface area (TPSA) is 54.5 Å². The molecule has 0 bridgehead atoms. The standard InChI is InChI=1S/C25H33F2N3O2S/c26-23(27)17-32-25-29-21-16-30(15-13-22(21)33-25)14-12-19-6-9-20(10-7-19)28-24(31)11-8-18-4-2-1-3-5-18/h1-5,19-20,23H,6-17H2,(H,28,31). The Kier molecular flexibility index (Phi) is 8.67. The smallest absolute Gasteiger partial charge is 0.273 e. The Morgan fingerprint density at radius 3 is 2.76 bits per heavy atom. The van der Waals surface area contributed by atoms with E-state index in [4.69, 9.17) is 4.74 Å². The van der Waals surface area contributed by atoms with Crippen LogP contribution < -0.4 is 10.1 Å². The van der Waals surface area contributed by atoms with Crippen molar-refractivity contribution in [1.82, 2.24) is 15.2 Å². The van der Waals surface area contributed by atoms with E-state index in [1.54, 1.807) is 0 Å². The highest BCUT2D eigenvalue weighted by Crippen LogP contribution is 2.31. The molecule has 1 aromatic carbocycles. The van der Waals surface area contributed by atoms with Crippen molar-refractivity contribution in [3.05, 3.63) is 46.5 Å². The third-order valence-electron chi connectivity index (χ3n) is 6.67. The highest BCUT2D eigenvalue weighted by atomic mass is 32.1. The van der Waals surface area contributed by atoms with Crippen LogP contribution in [-0.4, -0.2) is 48.0 Å². The molecule has 1 fully saturated rings. The summed E-state index contributed by atoms with van der Waals surface area (Å²) in [5.41, 5.74) is 2.19. The number of hydrogen-bond donors (Lipinski definition) is 1. The van der Waals surface area contributed by atoms with E-state index in [0.717, 1.165) is 70.3 Å². The molecule has 2 aromatic rings. The monoisotopic (exact) mass is 477 g/mol. The van der Waals surface area contributed by atoms with Gasteiger partial charge in [0.1, 0.15) is 0 Å². The number of aromatic nitrogens is 1. The van der Waals surface area contributed by atoms with E-state index in [9.17, 15) is 13.6 Å². The van der Waals surface area contributed by atoms with Crippen LogP contribution in [0.4, 0.5) is 8.78 Å². The minimum Gasteiger partial charge on any atom is -0.464 e. The van der Waals surface area contributed by atoms with Crippen LogP contribution in [0.1, 0.15) is 54.7 Å². The molecule has 1 aromatic heterocycles. The van der Waals surface area contributed by atoms with Gasteiger partial charge in [-0.05, 0) is 63.0 Å². The van der Waals surface area contributed by atoms with Gasteiger partial charge in [-0.2, -0.15) is 0 Å². The summed E-state index contributed by atoms with van der Waals surface area (Å²) in [7, 11) is 0. The molecular weight excluding hydrogens is 444 g/mol. The van der Waals surface area contributed by atoms with Gasteiger partial charge in [-0.3, -0.25) is 9.69 Å². The maximum absolute atomic E-state index is 12.4. The van der Waals surface area contributed by atoms with Gasteiger partial charge in [0, 0.05) is 30.4 Å². The van der Waals surface area contributed by atoms with E-state index < -0.39 is 13.0 Å². The SMILES string of the molecule is O=C(CCc1ccccc1)NC1CCC(CCN2CCc3sc(OCC(F)F)nc3C2)CC1. The Hall–Kier alpha value is -2.06. The molecule has 8 heteroatoms. The molecule has 2 aliphatic rings.